The van der Waals surface area contributed by atoms with Crippen LogP contribution in [-0.4, -0.2) is 11.0 Å². The predicted molar refractivity (Wildman–Crippen MR) is 91.6 cm³/mol. The number of carbonyl (C=O) groups is 1. The van der Waals surface area contributed by atoms with Crippen LogP contribution in [0.2, 0.25) is 0 Å². The molecule has 2 aromatic rings. The minimum Gasteiger partial charge on any atom is -0.508 e. The number of phenolic OH excluding ortho intramolecular Hbond substituents is 1. The lowest BCUT2D eigenvalue weighted by Crippen LogP contribution is -2.16. The fourth-order valence-electron chi connectivity index (χ4n) is 2.07. The summed E-state index contributed by atoms with van der Waals surface area (Å²) in [6, 6.07) is 15.7. The monoisotopic (exact) mass is 322 g/mol. The lowest BCUT2D eigenvalue weighted by atomic mass is 10.1. The van der Waals surface area contributed by atoms with Gasteiger partial charge in [-0.15, -0.1) is 0 Å². The average Bonchev–Trinajstić information content (AvgIpc) is 2.59. The molecule has 0 atom stereocenters. The minimum absolute atomic E-state index is 0.0354. The Morgan fingerprint density at radius 2 is 1.96 bits per heavy atom. The summed E-state index contributed by atoms with van der Waals surface area (Å²) in [4.78, 5) is 12.1. The molecule has 122 valence electrons. The van der Waals surface area contributed by atoms with E-state index >= 15 is 0 Å². The maximum atomic E-state index is 12.1. The maximum absolute atomic E-state index is 12.1. The summed E-state index contributed by atoms with van der Waals surface area (Å²) in [7, 11) is 0. The second-order valence-corrected chi connectivity index (χ2v) is 5.08. The minimum atomic E-state index is -0.550. The summed E-state index contributed by atoms with van der Waals surface area (Å²) >= 11 is 0. The fourth-order valence-corrected chi connectivity index (χ4v) is 2.07. The average molecular weight is 322 g/mol. The van der Waals surface area contributed by atoms with Crippen molar-refractivity contribution in [3.8, 4) is 11.8 Å². The van der Waals surface area contributed by atoms with Crippen molar-refractivity contribution in [3.05, 3.63) is 71.4 Å². The zero-order chi connectivity index (χ0) is 17.4. The molecule has 5 N–H and O–H groups in total. The summed E-state index contributed by atoms with van der Waals surface area (Å²) in [6.07, 6.45) is 1.37. The van der Waals surface area contributed by atoms with E-state index in [9.17, 15) is 9.90 Å². The highest BCUT2D eigenvalue weighted by molar-refractivity contribution is 6.06. The first-order valence-corrected chi connectivity index (χ1v) is 7.34. The number of benzene rings is 2. The molecule has 1 amide bonds. The van der Waals surface area contributed by atoms with Gasteiger partial charge in [-0.1, -0.05) is 30.3 Å². The van der Waals surface area contributed by atoms with Crippen molar-refractivity contribution < 1.29 is 9.90 Å². The SMILES string of the molecule is N#C/C(=C/NCc1cccc(CN)c1)C(=O)Nc1cccc(O)c1. The van der Waals surface area contributed by atoms with Gasteiger partial charge in [0.25, 0.3) is 5.91 Å². The second-order valence-electron chi connectivity index (χ2n) is 5.08. The van der Waals surface area contributed by atoms with E-state index in [2.05, 4.69) is 10.6 Å². The molecule has 0 aliphatic heterocycles. The molecule has 0 spiro atoms. The first-order chi connectivity index (χ1) is 11.6. The maximum Gasteiger partial charge on any atom is 0.267 e. The molecule has 0 aromatic heterocycles. The van der Waals surface area contributed by atoms with Crippen LogP contribution in [0.25, 0.3) is 0 Å². The quantitative estimate of drug-likeness (QED) is 0.480. The van der Waals surface area contributed by atoms with Crippen LogP contribution in [0, 0.1) is 11.3 Å². The van der Waals surface area contributed by atoms with Crippen molar-refractivity contribution in [3.63, 3.8) is 0 Å². The topological polar surface area (TPSA) is 111 Å². The Morgan fingerprint density at radius 1 is 1.21 bits per heavy atom. The van der Waals surface area contributed by atoms with Gasteiger partial charge in [0.05, 0.1) is 0 Å². The Kier molecular flexibility index (Phi) is 5.95. The number of nitrogens with one attached hydrogen (secondary N) is 2. The third kappa shape index (κ3) is 4.87. The largest absolute Gasteiger partial charge is 0.508 e. The molecule has 24 heavy (non-hydrogen) atoms. The Labute approximate surface area is 140 Å². The highest BCUT2D eigenvalue weighted by Crippen LogP contribution is 2.15. The van der Waals surface area contributed by atoms with E-state index < -0.39 is 5.91 Å². The summed E-state index contributed by atoms with van der Waals surface area (Å²) in [5.74, 6) is -0.514. The first-order valence-electron chi connectivity index (χ1n) is 7.34. The third-order valence-corrected chi connectivity index (χ3v) is 3.25. The van der Waals surface area contributed by atoms with E-state index in [1.807, 2.05) is 30.3 Å². The zero-order valence-electron chi connectivity index (χ0n) is 13.0. The van der Waals surface area contributed by atoms with Gasteiger partial charge in [0.2, 0.25) is 0 Å². The molecule has 6 heteroatoms. The van der Waals surface area contributed by atoms with Crippen LogP contribution in [0.15, 0.2) is 60.3 Å². The molecule has 0 saturated carbocycles. The summed E-state index contributed by atoms with van der Waals surface area (Å²) in [5.41, 5.74) is 7.96. The Balaban J connectivity index is 1.98. The number of rotatable bonds is 6. The van der Waals surface area contributed by atoms with Crippen LogP contribution in [0.4, 0.5) is 5.69 Å². The number of nitrogens with zero attached hydrogens (tertiary/aromatic N) is 1. The number of hydrogen-bond acceptors (Lipinski definition) is 5. The highest BCUT2D eigenvalue weighted by atomic mass is 16.3. The molecule has 0 saturated heterocycles. The van der Waals surface area contributed by atoms with Gasteiger partial charge in [-0.25, -0.2) is 0 Å². The summed E-state index contributed by atoms with van der Waals surface area (Å²) in [6.45, 7) is 0.928. The van der Waals surface area contributed by atoms with Gasteiger partial charge >= 0.3 is 0 Å². The number of hydrogen-bond donors (Lipinski definition) is 4. The number of phenols is 1. The highest BCUT2D eigenvalue weighted by Gasteiger charge is 2.09. The smallest absolute Gasteiger partial charge is 0.267 e. The Bertz CT molecular complexity index is 794. The van der Waals surface area contributed by atoms with Crippen LogP contribution in [0.5, 0.6) is 5.75 Å². The van der Waals surface area contributed by atoms with Crippen molar-refractivity contribution in [2.24, 2.45) is 5.73 Å². The van der Waals surface area contributed by atoms with E-state index in [1.165, 1.54) is 18.3 Å². The number of aromatic hydroxyl groups is 1. The lowest BCUT2D eigenvalue weighted by molar-refractivity contribution is -0.112. The van der Waals surface area contributed by atoms with Crippen LogP contribution < -0.4 is 16.4 Å². The second kappa shape index (κ2) is 8.36. The van der Waals surface area contributed by atoms with Gasteiger partial charge < -0.3 is 21.5 Å². The van der Waals surface area contributed by atoms with Crippen LogP contribution in [-0.2, 0) is 17.9 Å². The normalized spacial score (nSPS) is 10.8. The van der Waals surface area contributed by atoms with Gasteiger partial charge in [0.15, 0.2) is 0 Å². The van der Waals surface area contributed by atoms with Gasteiger partial charge in [0.1, 0.15) is 17.4 Å². The van der Waals surface area contributed by atoms with E-state index in [-0.39, 0.29) is 11.3 Å². The molecule has 0 bridgehead atoms. The van der Waals surface area contributed by atoms with Gasteiger partial charge in [-0.2, -0.15) is 5.26 Å². The molecule has 0 unspecified atom stereocenters. The Morgan fingerprint density at radius 3 is 2.67 bits per heavy atom. The van der Waals surface area contributed by atoms with Crippen molar-refractivity contribution in [1.29, 1.82) is 5.26 Å². The van der Waals surface area contributed by atoms with Crippen molar-refractivity contribution >= 4 is 11.6 Å². The molecule has 0 aliphatic carbocycles. The molecule has 0 fully saturated rings. The molecule has 6 nitrogen and oxygen atoms in total. The molecule has 0 heterocycles. The molecular formula is C18H18N4O2. The number of carbonyl (C=O) groups excluding carboxylic acids is 1. The molecule has 0 radical (unpaired) electrons. The van der Waals surface area contributed by atoms with E-state index in [0.717, 1.165) is 11.1 Å². The van der Waals surface area contributed by atoms with Crippen molar-refractivity contribution in [1.82, 2.24) is 5.32 Å². The zero-order valence-corrected chi connectivity index (χ0v) is 13.0. The Hall–Kier alpha value is -3.30. The summed E-state index contributed by atoms with van der Waals surface area (Å²) < 4.78 is 0. The molecule has 2 aromatic carbocycles. The summed E-state index contributed by atoms with van der Waals surface area (Å²) in [5, 5.41) is 24.0. The van der Waals surface area contributed by atoms with E-state index in [1.54, 1.807) is 12.1 Å². The molecule has 0 aliphatic rings. The van der Waals surface area contributed by atoms with Gasteiger partial charge in [0, 0.05) is 31.0 Å². The third-order valence-electron chi connectivity index (χ3n) is 3.25. The molecule has 2 rings (SSSR count). The van der Waals surface area contributed by atoms with E-state index in [4.69, 9.17) is 11.0 Å². The lowest BCUT2D eigenvalue weighted by Gasteiger charge is -2.06. The standard InChI is InChI=1S/C18H18N4O2/c19-9-13-3-1-4-14(7-13)11-21-12-15(10-20)18(24)22-16-5-2-6-17(23)8-16/h1-8,12,21,23H,9,11,19H2,(H,22,24)/b15-12-. The fraction of sp³-hybridized carbons (Fsp3) is 0.111. The number of anilines is 1. The number of amides is 1. The van der Waals surface area contributed by atoms with Gasteiger partial charge in [-0.05, 0) is 23.3 Å². The predicted octanol–water partition coefficient (Wildman–Crippen LogP) is 1.99. The van der Waals surface area contributed by atoms with Crippen LogP contribution >= 0.6 is 0 Å². The number of nitrogens with two attached hydrogens (primary N) is 1. The van der Waals surface area contributed by atoms with Crippen LogP contribution in [0.1, 0.15) is 11.1 Å². The number of nitriles is 1. The van der Waals surface area contributed by atoms with Crippen molar-refractivity contribution in [2.75, 3.05) is 5.32 Å². The molecular weight excluding hydrogens is 304 g/mol. The van der Waals surface area contributed by atoms with Gasteiger partial charge in [-0.3, -0.25) is 4.79 Å². The van der Waals surface area contributed by atoms with E-state index in [0.29, 0.717) is 18.8 Å². The van der Waals surface area contributed by atoms with Crippen molar-refractivity contribution in [2.45, 2.75) is 13.1 Å². The first kappa shape index (κ1) is 17.1. The van der Waals surface area contributed by atoms with Crippen LogP contribution in [0.3, 0.4) is 0 Å².